The highest BCUT2D eigenvalue weighted by atomic mass is 16.5. The predicted molar refractivity (Wildman–Crippen MR) is 135 cm³/mol. The van der Waals surface area contributed by atoms with Gasteiger partial charge in [-0.2, -0.15) is 0 Å². The maximum atomic E-state index is 8.77. The number of unbranched alkanes of at least 4 members (excludes halogenated alkanes) is 16. The Morgan fingerprint density at radius 1 is 0.625 bits per heavy atom. The van der Waals surface area contributed by atoms with Crippen molar-refractivity contribution in [2.45, 2.75) is 135 Å². The third-order valence-electron chi connectivity index (χ3n) is 6.66. The standard InChI is InChI=1S/C28H56O4/c1-2-3-4-5-6-7-8-9-10-11-12-13-15-18-21-30-24-27-23-28(32-25-27)26-31-22-19-16-14-17-20-29/h27-29H,2-26H2,1H3. The number of hydrogen-bond donors (Lipinski definition) is 1. The summed E-state index contributed by atoms with van der Waals surface area (Å²) >= 11 is 0. The van der Waals surface area contributed by atoms with Crippen molar-refractivity contribution in [1.82, 2.24) is 0 Å². The molecule has 0 amide bonds. The van der Waals surface area contributed by atoms with Crippen LogP contribution >= 0.6 is 0 Å². The Morgan fingerprint density at radius 3 is 1.62 bits per heavy atom. The third-order valence-corrected chi connectivity index (χ3v) is 6.66. The zero-order valence-corrected chi connectivity index (χ0v) is 21.5. The quantitative estimate of drug-likeness (QED) is 0.145. The second kappa shape index (κ2) is 24.0. The first-order chi connectivity index (χ1) is 15.9. The van der Waals surface area contributed by atoms with Gasteiger partial charge in [0.05, 0.1) is 25.9 Å². The zero-order valence-electron chi connectivity index (χ0n) is 21.5. The Balaban J connectivity index is 1.74. The van der Waals surface area contributed by atoms with Gasteiger partial charge in [-0.15, -0.1) is 0 Å². The first kappa shape index (κ1) is 29.9. The lowest BCUT2D eigenvalue weighted by atomic mass is 10.0. The molecule has 1 heterocycles. The van der Waals surface area contributed by atoms with E-state index < -0.39 is 0 Å². The lowest BCUT2D eigenvalue weighted by molar-refractivity contribution is 0.0140. The molecule has 1 aliphatic rings. The molecule has 0 aromatic carbocycles. The van der Waals surface area contributed by atoms with Crippen LogP contribution in [-0.2, 0) is 14.2 Å². The van der Waals surface area contributed by atoms with Crippen LogP contribution in [0.3, 0.4) is 0 Å². The van der Waals surface area contributed by atoms with Gasteiger partial charge in [0.25, 0.3) is 0 Å². The van der Waals surface area contributed by atoms with Crippen molar-refractivity contribution in [2.75, 3.05) is 39.6 Å². The number of aliphatic hydroxyl groups is 1. The fourth-order valence-corrected chi connectivity index (χ4v) is 4.55. The monoisotopic (exact) mass is 456 g/mol. The summed E-state index contributed by atoms with van der Waals surface area (Å²) in [6.07, 6.45) is 25.1. The Hall–Kier alpha value is -0.160. The van der Waals surface area contributed by atoms with Gasteiger partial charge in [-0.05, 0) is 25.7 Å². The van der Waals surface area contributed by atoms with Crippen molar-refractivity contribution in [3.05, 3.63) is 0 Å². The molecule has 1 N–H and O–H groups in total. The molecular formula is C28H56O4. The second-order valence-corrected chi connectivity index (χ2v) is 9.94. The third kappa shape index (κ3) is 19.3. The van der Waals surface area contributed by atoms with Gasteiger partial charge < -0.3 is 19.3 Å². The van der Waals surface area contributed by atoms with E-state index in [1.54, 1.807) is 0 Å². The predicted octanol–water partition coefficient (Wildman–Crippen LogP) is 7.46. The van der Waals surface area contributed by atoms with Gasteiger partial charge in [-0.1, -0.05) is 103 Å². The number of hydrogen-bond acceptors (Lipinski definition) is 4. The molecular weight excluding hydrogens is 400 g/mol. The van der Waals surface area contributed by atoms with Crippen molar-refractivity contribution in [2.24, 2.45) is 5.92 Å². The van der Waals surface area contributed by atoms with Crippen LogP contribution in [0.5, 0.6) is 0 Å². The van der Waals surface area contributed by atoms with Gasteiger partial charge >= 0.3 is 0 Å². The first-order valence-corrected chi connectivity index (χ1v) is 14.2. The summed E-state index contributed by atoms with van der Waals surface area (Å²) in [6.45, 7) is 6.70. The number of aliphatic hydroxyl groups excluding tert-OH is 1. The molecule has 0 aromatic rings. The van der Waals surface area contributed by atoms with Gasteiger partial charge in [0, 0.05) is 25.7 Å². The van der Waals surface area contributed by atoms with Crippen molar-refractivity contribution in [3.8, 4) is 0 Å². The van der Waals surface area contributed by atoms with E-state index in [-0.39, 0.29) is 6.10 Å². The van der Waals surface area contributed by atoms with Crippen molar-refractivity contribution >= 4 is 0 Å². The van der Waals surface area contributed by atoms with Crippen LogP contribution < -0.4 is 0 Å². The van der Waals surface area contributed by atoms with Crippen LogP contribution in [0.4, 0.5) is 0 Å². The highest BCUT2D eigenvalue weighted by Crippen LogP contribution is 2.20. The van der Waals surface area contributed by atoms with E-state index >= 15 is 0 Å². The summed E-state index contributed by atoms with van der Waals surface area (Å²) < 4.78 is 17.5. The summed E-state index contributed by atoms with van der Waals surface area (Å²) in [6, 6.07) is 0. The highest BCUT2D eigenvalue weighted by Gasteiger charge is 2.25. The van der Waals surface area contributed by atoms with E-state index in [0.29, 0.717) is 12.5 Å². The van der Waals surface area contributed by atoms with Crippen LogP contribution in [0.1, 0.15) is 129 Å². The van der Waals surface area contributed by atoms with Gasteiger partial charge in [-0.25, -0.2) is 0 Å². The average molecular weight is 457 g/mol. The lowest BCUT2D eigenvalue weighted by Gasteiger charge is -2.11. The maximum Gasteiger partial charge on any atom is 0.0813 e. The molecule has 0 radical (unpaired) electrons. The van der Waals surface area contributed by atoms with Crippen LogP contribution in [0.25, 0.3) is 0 Å². The molecule has 0 aliphatic carbocycles. The van der Waals surface area contributed by atoms with Gasteiger partial charge in [0.2, 0.25) is 0 Å². The molecule has 32 heavy (non-hydrogen) atoms. The molecule has 2 atom stereocenters. The lowest BCUT2D eigenvalue weighted by Crippen LogP contribution is -2.15. The van der Waals surface area contributed by atoms with E-state index in [2.05, 4.69) is 6.92 Å². The molecule has 1 saturated heterocycles. The molecule has 1 rings (SSSR count). The summed E-state index contributed by atoms with van der Waals surface area (Å²) in [5.74, 6) is 0.541. The van der Waals surface area contributed by atoms with Crippen molar-refractivity contribution in [1.29, 1.82) is 0 Å². The smallest absolute Gasteiger partial charge is 0.0813 e. The second-order valence-electron chi connectivity index (χ2n) is 9.94. The van der Waals surface area contributed by atoms with Crippen molar-refractivity contribution in [3.63, 3.8) is 0 Å². The molecule has 2 unspecified atom stereocenters. The SMILES string of the molecule is CCCCCCCCCCCCCCCCOCC1COC(COCCCCCCO)C1. The summed E-state index contributed by atoms with van der Waals surface area (Å²) in [5.41, 5.74) is 0. The van der Waals surface area contributed by atoms with E-state index in [4.69, 9.17) is 19.3 Å². The van der Waals surface area contributed by atoms with E-state index in [1.165, 1.54) is 89.9 Å². The molecule has 0 aromatic heterocycles. The van der Waals surface area contributed by atoms with Crippen molar-refractivity contribution < 1.29 is 19.3 Å². The van der Waals surface area contributed by atoms with E-state index in [0.717, 1.165) is 65.1 Å². The topological polar surface area (TPSA) is 47.9 Å². The number of ether oxygens (including phenoxy) is 3. The van der Waals surface area contributed by atoms with Gasteiger partial charge in [0.15, 0.2) is 0 Å². The van der Waals surface area contributed by atoms with Crippen LogP contribution in [0.2, 0.25) is 0 Å². The Kier molecular flexibility index (Phi) is 22.4. The molecule has 192 valence electrons. The van der Waals surface area contributed by atoms with E-state index in [9.17, 15) is 0 Å². The van der Waals surface area contributed by atoms with Crippen LogP contribution in [-0.4, -0.2) is 50.9 Å². The molecule has 1 aliphatic heterocycles. The van der Waals surface area contributed by atoms with Gasteiger partial charge in [-0.3, -0.25) is 0 Å². The molecule has 1 fully saturated rings. The van der Waals surface area contributed by atoms with Crippen LogP contribution in [0, 0.1) is 5.92 Å². The normalized spacial score (nSPS) is 18.6. The van der Waals surface area contributed by atoms with Gasteiger partial charge in [0.1, 0.15) is 0 Å². The Morgan fingerprint density at radius 2 is 1.09 bits per heavy atom. The fourth-order valence-electron chi connectivity index (χ4n) is 4.55. The minimum absolute atomic E-state index is 0.252. The largest absolute Gasteiger partial charge is 0.396 e. The molecule has 0 spiro atoms. The Labute approximate surface area is 200 Å². The minimum Gasteiger partial charge on any atom is -0.396 e. The number of rotatable bonds is 25. The summed E-state index contributed by atoms with van der Waals surface area (Å²) in [5, 5.41) is 8.77. The summed E-state index contributed by atoms with van der Waals surface area (Å²) in [7, 11) is 0. The maximum absolute atomic E-state index is 8.77. The minimum atomic E-state index is 0.252. The van der Waals surface area contributed by atoms with E-state index in [1.807, 2.05) is 0 Å². The van der Waals surface area contributed by atoms with Crippen LogP contribution in [0.15, 0.2) is 0 Å². The molecule has 0 saturated carbocycles. The molecule has 0 bridgehead atoms. The first-order valence-electron chi connectivity index (χ1n) is 14.2. The average Bonchev–Trinajstić information content (AvgIpc) is 3.26. The fraction of sp³-hybridized carbons (Fsp3) is 1.00. The molecule has 4 nitrogen and oxygen atoms in total. The highest BCUT2D eigenvalue weighted by molar-refractivity contribution is 4.73. The Bertz CT molecular complexity index is 363. The zero-order chi connectivity index (χ0) is 23.0. The molecule has 4 heteroatoms. The summed E-state index contributed by atoms with van der Waals surface area (Å²) in [4.78, 5) is 0.